The van der Waals surface area contributed by atoms with Crippen molar-refractivity contribution < 1.29 is 17.6 Å². The summed E-state index contributed by atoms with van der Waals surface area (Å²) in [4.78, 5) is -0.0851. The maximum Gasteiger partial charge on any atom is 0.416 e. The summed E-state index contributed by atoms with van der Waals surface area (Å²) in [7, 11) is 0. The highest BCUT2D eigenvalue weighted by atomic mass is 32.1. The van der Waals surface area contributed by atoms with Gasteiger partial charge >= 0.3 is 6.18 Å². The van der Waals surface area contributed by atoms with Gasteiger partial charge in [0, 0.05) is 16.9 Å². The molecule has 0 aliphatic rings. The van der Waals surface area contributed by atoms with E-state index in [2.05, 4.69) is 17.5 Å². The molecule has 0 amide bonds. The Labute approximate surface area is 123 Å². The van der Waals surface area contributed by atoms with Crippen LogP contribution >= 0.6 is 12.2 Å². The molecule has 2 aromatic carbocycles. The number of anilines is 2. The summed E-state index contributed by atoms with van der Waals surface area (Å²) >= 11 is 4.67. The molecule has 0 radical (unpaired) electrons. The van der Waals surface area contributed by atoms with Gasteiger partial charge in [0.2, 0.25) is 0 Å². The van der Waals surface area contributed by atoms with Crippen LogP contribution in [0.5, 0.6) is 0 Å². The van der Waals surface area contributed by atoms with Crippen LogP contribution < -0.4 is 11.1 Å². The lowest BCUT2D eigenvalue weighted by atomic mass is 10.1. The fraction of sp³-hybridized carbons (Fsp3) is 0.0714. The van der Waals surface area contributed by atoms with Gasteiger partial charge in [0.25, 0.3) is 0 Å². The molecule has 110 valence electrons. The zero-order valence-electron chi connectivity index (χ0n) is 10.5. The first-order valence-electron chi connectivity index (χ1n) is 5.81. The van der Waals surface area contributed by atoms with Crippen LogP contribution in [0.4, 0.5) is 28.9 Å². The molecule has 0 aliphatic carbocycles. The number of benzene rings is 2. The largest absolute Gasteiger partial charge is 0.416 e. The Balaban J connectivity index is 2.27. The average Bonchev–Trinajstić information content (AvgIpc) is 2.37. The van der Waals surface area contributed by atoms with Crippen LogP contribution in [0, 0.1) is 5.82 Å². The first-order valence-corrected chi connectivity index (χ1v) is 6.22. The highest BCUT2D eigenvalue weighted by Crippen LogP contribution is 2.31. The van der Waals surface area contributed by atoms with Gasteiger partial charge in [-0.15, -0.1) is 0 Å². The third kappa shape index (κ3) is 3.69. The van der Waals surface area contributed by atoms with Crippen LogP contribution in [0.2, 0.25) is 0 Å². The van der Waals surface area contributed by atoms with E-state index in [0.717, 1.165) is 18.2 Å². The van der Waals surface area contributed by atoms with Crippen molar-refractivity contribution in [2.75, 3.05) is 5.32 Å². The van der Waals surface area contributed by atoms with E-state index in [0.29, 0.717) is 5.69 Å². The van der Waals surface area contributed by atoms with Gasteiger partial charge in [-0.3, -0.25) is 0 Å². The second-order valence-electron chi connectivity index (χ2n) is 4.26. The highest BCUT2D eigenvalue weighted by Gasteiger charge is 2.30. The van der Waals surface area contributed by atoms with E-state index in [1.165, 1.54) is 24.3 Å². The fourth-order valence-electron chi connectivity index (χ4n) is 1.73. The van der Waals surface area contributed by atoms with Gasteiger partial charge < -0.3 is 11.1 Å². The normalized spacial score (nSPS) is 11.2. The zero-order valence-corrected chi connectivity index (χ0v) is 11.4. The maximum absolute atomic E-state index is 13.7. The highest BCUT2D eigenvalue weighted by molar-refractivity contribution is 7.80. The Morgan fingerprint density at radius 2 is 1.71 bits per heavy atom. The van der Waals surface area contributed by atoms with E-state index < -0.39 is 17.6 Å². The molecule has 2 rings (SSSR count). The Morgan fingerprint density at radius 1 is 1.05 bits per heavy atom. The van der Waals surface area contributed by atoms with Gasteiger partial charge in [-0.1, -0.05) is 18.3 Å². The van der Waals surface area contributed by atoms with E-state index in [9.17, 15) is 17.6 Å². The molecular formula is C14H10F4N2S. The number of hydrogen-bond donors (Lipinski definition) is 2. The summed E-state index contributed by atoms with van der Waals surface area (Å²) in [6.07, 6.45) is -4.43. The summed E-state index contributed by atoms with van der Waals surface area (Å²) in [6.45, 7) is 0. The molecule has 0 saturated carbocycles. The smallest absolute Gasteiger partial charge is 0.389 e. The number of hydrogen-bond acceptors (Lipinski definition) is 2. The van der Waals surface area contributed by atoms with E-state index >= 15 is 0 Å². The van der Waals surface area contributed by atoms with Crippen LogP contribution in [0.15, 0.2) is 42.5 Å². The van der Waals surface area contributed by atoms with Gasteiger partial charge in [-0.2, -0.15) is 13.2 Å². The SMILES string of the molecule is NC(=S)c1ccc(Nc2cccc(C(F)(F)F)c2)cc1F. The van der Waals surface area contributed by atoms with Crippen molar-refractivity contribution in [3.8, 4) is 0 Å². The number of halogens is 4. The maximum atomic E-state index is 13.7. The molecule has 0 spiro atoms. The van der Waals surface area contributed by atoms with E-state index in [1.807, 2.05) is 0 Å². The molecule has 0 bridgehead atoms. The summed E-state index contributed by atoms with van der Waals surface area (Å²) in [6, 6.07) is 8.60. The number of thiocarbonyl (C=S) groups is 1. The summed E-state index contributed by atoms with van der Waals surface area (Å²) in [5.41, 5.74) is 5.13. The van der Waals surface area contributed by atoms with Crippen molar-refractivity contribution in [2.24, 2.45) is 5.73 Å². The van der Waals surface area contributed by atoms with Crippen molar-refractivity contribution >= 4 is 28.6 Å². The minimum Gasteiger partial charge on any atom is -0.389 e. The predicted molar refractivity (Wildman–Crippen MR) is 77.0 cm³/mol. The Morgan fingerprint density at radius 3 is 2.29 bits per heavy atom. The van der Waals surface area contributed by atoms with Crippen molar-refractivity contribution in [3.05, 3.63) is 59.4 Å². The predicted octanol–water partition coefficient (Wildman–Crippen LogP) is 4.22. The monoisotopic (exact) mass is 314 g/mol. The van der Waals surface area contributed by atoms with Crippen LogP contribution in [0.25, 0.3) is 0 Å². The summed E-state index contributed by atoms with van der Waals surface area (Å²) < 4.78 is 51.5. The molecule has 0 saturated heterocycles. The molecule has 3 N–H and O–H groups in total. The van der Waals surface area contributed by atoms with Crippen molar-refractivity contribution in [2.45, 2.75) is 6.18 Å². The second-order valence-corrected chi connectivity index (χ2v) is 4.70. The molecule has 21 heavy (non-hydrogen) atoms. The molecule has 2 aromatic rings. The lowest BCUT2D eigenvalue weighted by Gasteiger charge is -2.11. The standard InChI is InChI=1S/C14H10F4N2S/c15-12-7-10(4-5-11(12)13(19)21)20-9-3-1-2-8(6-9)14(16,17)18/h1-7,20H,(H2,19,21). The minimum atomic E-state index is -4.43. The number of rotatable bonds is 3. The summed E-state index contributed by atoms with van der Waals surface area (Å²) in [5.74, 6) is -0.639. The Bertz CT molecular complexity index is 683. The van der Waals surface area contributed by atoms with Gasteiger partial charge in [0.05, 0.1) is 5.56 Å². The topological polar surface area (TPSA) is 38.0 Å². The van der Waals surface area contributed by atoms with E-state index in [4.69, 9.17) is 5.73 Å². The van der Waals surface area contributed by atoms with Crippen LogP contribution in [0.1, 0.15) is 11.1 Å². The van der Waals surface area contributed by atoms with Crippen molar-refractivity contribution in [1.82, 2.24) is 0 Å². The molecule has 0 unspecified atom stereocenters. The van der Waals surface area contributed by atoms with Crippen LogP contribution in [-0.2, 0) is 6.18 Å². The minimum absolute atomic E-state index is 0.0830. The molecule has 0 fully saturated rings. The number of nitrogens with one attached hydrogen (secondary N) is 1. The van der Waals surface area contributed by atoms with Crippen LogP contribution in [0.3, 0.4) is 0 Å². The molecule has 7 heteroatoms. The molecule has 0 atom stereocenters. The zero-order chi connectivity index (χ0) is 15.6. The van der Waals surface area contributed by atoms with E-state index in [1.54, 1.807) is 0 Å². The number of nitrogens with two attached hydrogens (primary N) is 1. The quantitative estimate of drug-likeness (QED) is 0.658. The number of alkyl halides is 3. The van der Waals surface area contributed by atoms with Gasteiger partial charge in [0.1, 0.15) is 10.8 Å². The first-order chi connectivity index (χ1) is 9.77. The lowest BCUT2D eigenvalue weighted by Crippen LogP contribution is -2.11. The molecular weight excluding hydrogens is 304 g/mol. The molecule has 0 heterocycles. The Hall–Kier alpha value is -2.15. The van der Waals surface area contributed by atoms with Crippen molar-refractivity contribution in [1.29, 1.82) is 0 Å². The first kappa shape index (κ1) is 15.2. The lowest BCUT2D eigenvalue weighted by molar-refractivity contribution is -0.137. The van der Waals surface area contributed by atoms with Gasteiger partial charge in [-0.25, -0.2) is 4.39 Å². The molecule has 0 aliphatic heterocycles. The van der Waals surface area contributed by atoms with E-state index in [-0.39, 0.29) is 16.2 Å². The third-order valence-corrected chi connectivity index (χ3v) is 2.93. The average molecular weight is 314 g/mol. The van der Waals surface area contributed by atoms with Gasteiger partial charge in [0.15, 0.2) is 0 Å². The van der Waals surface area contributed by atoms with Crippen LogP contribution in [-0.4, -0.2) is 4.99 Å². The fourth-order valence-corrected chi connectivity index (χ4v) is 1.90. The van der Waals surface area contributed by atoms with Crippen molar-refractivity contribution in [3.63, 3.8) is 0 Å². The van der Waals surface area contributed by atoms with Gasteiger partial charge in [-0.05, 0) is 36.4 Å². The Kier molecular flexibility index (Phi) is 4.13. The molecule has 2 nitrogen and oxygen atoms in total. The third-order valence-electron chi connectivity index (χ3n) is 2.71. The second kappa shape index (κ2) is 5.69. The summed E-state index contributed by atoms with van der Waals surface area (Å²) in [5, 5.41) is 2.70. The molecule has 0 aromatic heterocycles.